The van der Waals surface area contributed by atoms with E-state index in [2.05, 4.69) is 14.7 Å². The number of carbonyl (C=O) groups excluding carboxylic acids is 1. The molecule has 2 atom stereocenters. The van der Waals surface area contributed by atoms with Gasteiger partial charge in [-0.1, -0.05) is 11.6 Å². The Morgan fingerprint density at radius 2 is 2.00 bits per heavy atom. The van der Waals surface area contributed by atoms with Crippen molar-refractivity contribution in [2.45, 2.75) is 43.8 Å². The Morgan fingerprint density at radius 1 is 1.24 bits per heavy atom. The highest BCUT2D eigenvalue weighted by atomic mass is 35.5. The second kappa shape index (κ2) is 5.14. The third-order valence-electron chi connectivity index (χ3n) is 4.63. The number of piperidine rings is 1. The van der Waals surface area contributed by atoms with Crippen LogP contribution in [0, 0.1) is 0 Å². The van der Waals surface area contributed by atoms with Gasteiger partial charge in [-0.2, -0.15) is 5.10 Å². The minimum atomic E-state index is 0.151. The standard InChI is InChI=1S/C15H16ClN3OS/c16-14-5-4-13(21-14)15(20)19-10-2-3-11(19)9-12(8-10)18-7-1-6-17-18/h1,4-7,10-12H,2-3,8-9H2. The van der Waals surface area contributed by atoms with Crippen LogP contribution in [0.5, 0.6) is 0 Å². The van der Waals surface area contributed by atoms with Gasteiger partial charge in [-0.15, -0.1) is 11.3 Å². The quantitative estimate of drug-likeness (QED) is 0.847. The number of nitrogens with zero attached hydrogens (tertiary/aromatic N) is 3. The first kappa shape index (κ1) is 13.3. The number of aromatic nitrogens is 2. The second-order valence-electron chi connectivity index (χ2n) is 5.81. The number of hydrogen-bond donors (Lipinski definition) is 0. The van der Waals surface area contributed by atoms with E-state index in [1.54, 1.807) is 6.07 Å². The molecule has 4 rings (SSSR count). The molecule has 2 saturated heterocycles. The maximum Gasteiger partial charge on any atom is 0.264 e. The van der Waals surface area contributed by atoms with Gasteiger partial charge in [0.2, 0.25) is 0 Å². The molecular weight excluding hydrogens is 306 g/mol. The van der Waals surface area contributed by atoms with E-state index >= 15 is 0 Å². The van der Waals surface area contributed by atoms with Crippen LogP contribution in [0.15, 0.2) is 30.6 Å². The molecule has 2 aliphatic rings. The lowest BCUT2D eigenvalue weighted by Crippen LogP contribution is -2.46. The largest absolute Gasteiger partial charge is 0.332 e. The van der Waals surface area contributed by atoms with Crippen molar-refractivity contribution in [1.29, 1.82) is 0 Å². The van der Waals surface area contributed by atoms with Gasteiger partial charge in [0.25, 0.3) is 5.91 Å². The number of rotatable bonds is 2. The van der Waals surface area contributed by atoms with E-state index in [9.17, 15) is 4.79 Å². The predicted octanol–water partition coefficient (Wildman–Crippen LogP) is 3.61. The van der Waals surface area contributed by atoms with Crippen LogP contribution in [-0.2, 0) is 0 Å². The summed E-state index contributed by atoms with van der Waals surface area (Å²) in [6.07, 6.45) is 8.07. The topological polar surface area (TPSA) is 38.1 Å². The van der Waals surface area contributed by atoms with Crippen molar-refractivity contribution in [2.24, 2.45) is 0 Å². The van der Waals surface area contributed by atoms with E-state index in [-0.39, 0.29) is 5.91 Å². The summed E-state index contributed by atoms with van der Waals surface area (Å²) in [5, 5.41) is 4.37. The molecule has 0 spiro atoms. The Morgan fingerprint density at radius 3 is 2.57 bits per heavy atom. The molecule has 2 fully saturated rings. The zero-order valence-corrected chi connectivity index (χ0v) is 13.1. The molecule has 2 unspecified atom stereocenters. The Hall–Kier alpha value is -1.33. The lowest BCUT2D eigenvalue weighted by Gasteiger charge is -2.38. The summed E-state index contributed by atoms with van der Waals surface area (Å²) in [5.74, 6) is 0.151. The Bertz CT molecular complexity index is 640. The van der Waals surface area contributed by atoms with Crippen LogP contribution in [0.1, 0.15) is 41.4 Å². The van der Waals surface area contributed by atoms with Crippen LogP contribution in [0.4, 0.5) is 0 Å². The fraction of sp³-hybridized carbons (Fsp3) is 0.467. The molecule has 2 bridgehead atoms. The molecule has 2 aromatic rings. The zero-order valence-electron chi connectivity index (χ0n) is 11.5. The number of amides is 1. The van der Waals surface area contributed by atoms with Crippen LogP contribution >= 0.6 is 22.9 Å². The van der Waals surface area contributed by atoms with Crippen molar-refractivity contribution >= 4 is 28.8 Å². The predicted molar refractivity (Wildman–Crippen MR) is 82.8 cm³/mol. The van der Waals surface area contributed by atoms with Crippen LogP contribution in [0.2, 0.25) is 4.34 Å². The summed E-state index contributed by atoms with van der Waals surface area (Å²) in [5.41, 5.74) is 0. The van der Waals surface area contributed by atoms with Crippen molar-refractivity contribution in [3.05, 3.63) is 39.8 Å². The number of thiophene rings is 1. The highest BCUT2D eigenvalue weighted by Crippen LogP contribution is 2.41. The molecule has 0 aromatic carbocycles. The van der Waals surface area contributed by atoms with Gasteiger partial charge >= 0.3 is 0 Å². The number of carbonyl (C=O) groups is 1. The molecule has 21 heavy (non-hydrogen) atoms. The Balaban J connectivity index is 1.55. The maximum atomic E-state index is 12.7. The number of fused-ring (bicyclic) bond motifs is 2. The van der Waals surface area contributed by atoms with E-state index in [0.717, 1.165) is 30.6 Å². The molecule has 4 nitrogen and oxygen atoms in total. The number of hydrogen-bond acceptors (Lipinski definition) is 3. The van der Waals surface area contributed by atoms with Crippen molar-refractivity contribution in [3.63, 3.8) is 0 Å². The van der Waals surface area contributed by atoms with Crippen molar-refractivity contribution in [1.82, 2.24) is 14.7 Å². The number of halogens is 1. The molecule has 2 aliphatic heterocycles. The van der Waals surface area contributed by atoms with Crippen molar-refractivity contribution in [3.8, 4) is 0 Å². The normalized spacial score (nSPS) is 28.0. The summed E-state index contributed by atoms with van der Waals surface area (Å²) < 4.78 is 2.73. The molecule has 1 amide bonds. The summed E-state index contributed by atoms with van der Waals surface area (Å²) in [6, 6.07) is 6.71. The molecule has 0 N–H and O–H groups in total. The van der Waals surface area contributed by atoms with Gasteiger partial charge < -0.3 is 4.90 Å². The first-order valence-electron chi connectivity index (χ1n) is 7.29. The monoisotopic (exact) mass is 321 g/mol. The molecule has 6 heteroatoms. The summed E-state index contributed by atoms with van der Waals surface area (Å²) in [6.45, 7) is 0. The molecule has 2 aromatic heterocycles. The third-order valence-corrected chi connectivity index (χ3v) is 5.84. The van der Waals surface area contributed by atoms with Gasteiger partial charge in [0.05, 0.1) is 15.3 Å². The van der Waals surface area contributed by atoms with Crippen LogP contribution < -0.4 is 0 Å². The Kier molecular flexibility index (Phi) is 3.27. The molecule has 0 saturated carbocycles. The molecule has 0 radical (unpaired) electrons. The molecule has 0 aliphatic carbocycles. The summed E-state index contributed by atoms with van der Waals surface area (Å²) >= 11 is 7.34. The average Bonchev–Trinajstić information content (AvgIpc) is 3.18. The fourth-order valence-electron chi connectivity index (χ4n) is 3.75. The third kappa shape index (κ3) is 2.28. The molecule has 4 heterocycles. The van der Waals surface area contributed by atoms with E-state index in [1.807, 2.05) is 24.5 Å². The minimum Gasteiger partial charge on any atom is -0.332 e. The lowest BCUT2D eigenvalue weighted by atomic mass is 9.97. The van der Waals surface area contributed by atoms with Crippen LogP contribution in [0.3, 0.4) is 0 Å². The average molecular weight is 322 g/mol. The van der Waals surface area contributed by atoms with Gasteiger partial charge in [-0.05, 0) is 43.9 Å². The van der Waals surface area contributed by atoms with Gasteiger partial charge in [0.15, 0.2) is 0 Å². The van der Waals surface area contributed by atoms with Gasteiger partial charge in [0, 0.05) is 24.5 Å². The van der Waals surface area contributed by atoms with E-state index in [4.69, 9.17) is 11.6 Å². The lowest BCUT2D eigenvalue weighted by molar-refractivity contribution is 0.0529. The fourth-order valence-corrected chi connectivity index (χ4v) is 4.74. The van der Waals surface area contributed by atoms with Gasteiger partial charge in [-0.25, -0.2) is 0 Å². The smallest absolute Gasteiger partial charge is 0.264 e. The molecule has 110 valence electrons. The van der Waals surface area contributed by atoms with Crippen LogP contribution in [0.25, 0.3) is 0 Å². The van der Waals surface area contributed by atoms with E-state index < -0.39 is 0 Å². The molecular formula is C15H16ClN3OS. The van der Waals surface area contributed by atoms with Crippen molar-refractivity contribution in [2.75, 3.05) is 0 Å². The van der Waals surface area contributed by atoms with Crippen LogP contribution in [-0.4, -0.2) is 32.7 Å². The zero-order chi connectivity index (χ0) is 14.4. The minimum absolute atomic E-state index is 0.151. The Labute approximate surface area is 132 Å². The van der Waals surface area contributed by atoms with E-state index in [0.29, 0.717) is 22.5 Å². The maximum absolute atomic E-state index is 12.7. The highest BCUT2D eigenvalue weighted by molar-refractivity contribution is 7.17. The first-order valence-corrected chi connectivity index (χ1v) is 8.49. The highest BCUT2D eigenvalue weighted by Gasteiger charge is 2.44. The summed E-state index contributed by atoms with van der Waals surface area (Å²) in [4.78, 5) is 15.6. The second-order valence-corrected chi connectivity index (χ2v) is 7.53. The SMILES string of the molecule is O=C(c1ccc(Cl)s1)N1C2CCC1CC(n1cccn1)C2. The van der Waals surface area contributed by atoms with E-state index in [1.165, 1.54) is 11.3 Å². The first-order chi connectivity index (χ1) is 10.2. The van der Waals surface area contributed by atoms with Gasteiger partial charge in [-0.3, -0.25) is 9.48 Å². The van der Waals surface area contributed by atoms with Crippen molar-refractivity contribution < 1.29 is 4.79 Å². The summed E-state index contributed by atoms with van der Waals surface area (Å²) in [7, 11) is 0. The van der Waals surface area contributed by atoms with Gasteiger partial charge in [0.1, 0.15) is 0 Å².